The standard InChI is InChI=1S/C14H22F3N/c15-14(16,17)13(18-9-5-2-6-10-18)11-12-7-3-1-4-8-12/h11-12H,1-10H2/b13-11-. The third-order valence-electron chi connectivity index (χ3n) is 4.03. The fraction of sp³-hybridized carbons (Fsp3) is 0.857. The predicted molar refractivity (Wildman–Crippen MR) is 66.1 cm³/mol. The molecule has 104 valence electrons. The van der Waals surface area contributed by atoms with E-state index in [-0.39, 0.29) is 11.6 Å². The van der Waals surface area contributed by atoms with Gasteiger partial charge in [0, 0.05) is 13.1 Å². The van der Waals surface area contributed by atoms with Crippen molar-refractivity contribution in [3.8, 4) is 0 Å². The van der Waals surface area contributed by atoms with E-state index in [0.717, 1.165) is 44.9 Å². The highest BCUT2D eigenvalue weighted by atomic mass is 19.4. The third kappa shape index (κ3) is 3.66. The van der Waals surface area contributed by atoms with Crippen LogP contribution in [0.2, 0.25) is 0 Å². The van der Waals surface area contributed by atoms with E-state index in [0.29, 0.717) is 13.1 Å². The Morgan fingerprint density at radius 1 is 0.889 bits per heavy atom. The number of hydrogen-bond donors (Lipinski definition) is 0. The molecule has 0 aromatic heterocycles. The van der Waals surface area contributed by atoms with Gasteiger partial charge in [-0.05, 0) is 38.0 Å². The van der Waals surface area contributed by atoms with Crippen LogP contribution in [0, 0.1) is 5.92 Å². The third-order valence-corrected chi connectivity index (χ3v) is 4.03. The Morgan fingerprint density at radius 2 is 1.44 bits per heavy atom. The molecule has 2 rings (SSSR count). The first-order valence-corrected chi connectivity index (χ1v) is 7.11. The zero-order chi connectivity index (χ0) is 13.0. The number of likely N-dealkylation sites (tertiary alicyclic amines) is 1. The lowest BCUT2D eigenvalue weighted by Crippen LogP contribution is -2.36. The summed E-state index contributed by atoms with van der Waals surface area (Å²) in [6, 6.07) is 0. The van der Waals surface area contributed by atoms with Crippen LogP contribution in [0.25, 0.3) is 0 Å². The van der Waals surface area contributed by atoms with Crippen molar-refractivity contribution in [2.45, 2.75) is 57.5 Å². The number of halogens is 3. The number of nitrogens with zero attached hydrogens (tertiary/aromatic N) is 1. The van der Waals surface area contributed by atoms with Crippen molar-refractivity contribution < 1.29 is 13.2 Å². The van der Waals surface area contributed by atoms with Gasteiger partial charge in [0.15, 0.2) is 0 Å². The highest BCUT2D eigenvalue weighted by Crippen LogP contribution is 2.34. The molecule has 1 nitrogen and oxygen atoms in total. The van der Waals surface area contributed by atoms with Gasteiger partial charge in [-0.2, -0.15) is 13.2 Å². The molecule has 18 heavy (non-hydrogen) atoms. The molecule has 1 saturated heterocycles. The van der Waals surface area contributed by atoms with E-state index in [4.69, 9.17) is 0 Å². The highest BCUT2D eigenvalue weighted by Gasteiger charge is 2.38. The lowest BCUT2D eigenvalue weighted by Gasteiger charge is -2.33. The summed E-state index contributed by atoms with van der Waals surface area (Å²) in [5.74, 6) is 0.136. The highest BCUT2D eigenvalue weighted by molar-refractivity contribution is 5.11. The molecule has 1 heterocycles. The monoisotopic (exact) mass is 261 g/mol. The predicted octanol–water partition coefficient (Wildman–Crippen LogP) is 4.50. The van der Waals surface area contributed by atoms with Crippen LogP contribution in [0.15, 0.2) is 11.8 Å². The van der Waals surface area contributed by atoms with E-state index in [1.54, 1.807) is 4.90 Å². The van der Waals surface area contributed by atoms with Crippen LogP contribution in [0.3, 0.4) is 0 Å². The number of piperidine rings is 1. The van der Waals surface area contributed by atoms with E-state index in [9.17, 15) is 13.2 Å². The Kier molecular flexibility index (Phi) is 4.57. The summed E-state index contributed by atoms with van der Waals surface area (Å²) in [6.07, 6.45) is 5.34. The average molecular weight is 261 g/mol. The molecule has 1 aliphatic heterocycles. The molecule has 1 aliphatic carbocycles. The van der Waals surface area contributed by atoms with E-state index in [1.807, 2.05) is 0 Å². The van der Waals surface area contributed by atoms with Crippen LogP contribution in [0.4, 0.5) is 13.2 Å². The Labute approximate surface area is 107 Å². The molecule has 0 spiro atoms. The first-order chi connectivity index (χ1) is 8.57. The molecule has 1 saturated carbocycles. The van der Waals surface area contributed by atoms with Crippen molar-refractivity contribution in [1.82, 2.24) is 4.90 Å². The smallest absolute Gasteiger partial charge is 0.368 e. The van der Waals surface area contributed by atoms with Crippen molar-refractivity contribution in [3.63, 3.8) is 0 Å². The second kappa shape index (κ2) is 5.98. The zero-order valence-electron chi connectivity index (χ0n) is 10.8. The van der Waals surface area contributed by atoms with Crippen LogP contribution in [-0.2, 0) is 0 Å². The molecular formula is C14H22F3N. The molecule has 0 radical (unpaired) electrons. The lowest BCUT2D eigenvalue weighted by molar-refractivity contribution is -0.113. The molecule has 0 amide bonds. The first-order valence-electron chi connectivity index (χ1n) is 7.11. The Balaban J connectivity index is 2.10. The molecule has 0 bridgehead atoms. The molecule has 0 N–H and O–H groups in total. The van der Waals surface area contributed by atoms with Gasteiger partial charge in [0.05, 0.1) is 0 Å². The molecular weight excluding hydrogens is 239 g/mol. The van der Waals surface area contributed by atoms with Gasteiger partial charge in [0.1, 0.15) is 5.70 Å². The quantitative estimate of drug-likeness (QED) is 0.707. The minimum Gasteiger partial charge on any atom is -0.368 e. The largest absolute Gasteiger partial charge is 0.430 e. The Morgan fingerprint density at radius 3 is 2.00 bits per heavy atom. The van der Waals surface area contributed by atoms with E-state index < -0.39 is 6.18 Å². The molecule has 0 unspecified atom stereocenters. The van der Waals surface area contributed by atoms with Gasteiger partial charge in [0.25, 0.3) is 0 Å². The van der Waals surface area contributed by atoms with Crippen LogP contribution >= 0.6 is 0 Å². The van der Waals surface area contributed by atoms with Crippen molar-refractivity contribution in [1.29, 1.82) is 0 Å². The maximum atomic E-state index is 13.1. The van der Waals surface area contributed by atoms with E-state index in [2.05, 4.69) is 0 Å². The maximum absolute atomic E-state index is 13.1. The zero-order valence-corrected chi connectivity index (χ0v) is 10.8. The number of alkyl halides is 3. The topological polar surface area (TPSA) is 3.24 Å². The second-order valence-corrected chi connectivity index (χ2v) is 5.50. The minimum absolute atomic E-state index is 0.136. The Hall–Kier alpha value is -0.670. The summed E-state index contributed by atoms with van der Waals surface area (Å²) in [6.45, 7) is 1.14. The average Bonchev–Trinajstić information content (AvgIpc) is 2.37. The second-order valence-electron chi connectivity index (χ2n) is 5.50. The lowest BCUT2D eigenvalue weighted by atomic mass is 9.88. The van der Waals surface area contributed by atoms with Crippen LogP contribution in [0.5, 0.6) is 0 Å². The van der Waals surface area contributed by atoms with Gasteiger partial charge in [-0.15, -0.1) is 0 Å². The van der Waals surface area contributed by atoms with Gasteiger partial charge in [0.2, 0.25) is 0 Å². The van der Waals surface area contributed by atoms with Crippen molar-refractivity contribution >= 4 is 0 Å². The normalized spacial score (nSPS) is 24.4. The summed E-state index contributed by atoms with van der Waals surface area (Å²) in [7, 11) is 0. The summed E-state index contributed by atoms with van der Waals surface area (Å²) in [4.78, 5) is 1.55. The molecule has 0 atom stereocenters. The minimum atomic E-state index is -4.19. The van der Waals surface area contributed by atoms with Crippen LogP contribution in [-0.4, -0.2) is 24.2 Å². The molecule has 4 heteroatoms. The van der Waals surface area contributed by atoms with Crippen LogP contribution < -0.4 is 0 Å². The van der Waals surface area contributed by atoms with Gasteiger partial charge in [-0.3, -0.25) is 0 Å². The summed E-state index contributed by atoms with van der Waals surface area (Å²) < 4.78 is 39.4. The maximum Gasteiger partial charge on any atom is 0.430 e. The molecule has 0 aromatic rings. The van der Waals surface area contributed by atoms with Gasteiger partial charge in [-0.1, -0.05) is 25.3 Å². The van der Waals surface area contributed by atoms with Crippen molar-refractivity contribution in [2.24, 2.45) is 5.92 Å². The van der Waals surface area contributed by atoms with Crippen molar-refractivity contribution in [2.75, 3.05) is 13.1 Å². The van der Waals surface area contributed by atoms with E-state index >= 15 is 0 Å². The molecule has 2 aliphatic rings. The van der Waals surface area contributed by atoms with E-state index in [1.165, 1.54) is 12.5 Å². The number of hydrogen-bond acceptors (Lipinski definition) is 1. The van der Waals surface area contributed by atoms with Gasteiger partial charge >= 0.3 is 6.18 Å². The summed E-state index contributed by atoms with van der Waals surface area (Å²) in [5.41, 5.74) is -0.367. The van der Waals surface area contributed by atoms with Crippen molar-refractivity contribution in [3.05, 3.63) is 11.8 Å². The molecule has 2 fully saturated rings. The fourth-order valence-corrected chi connectivity index (χ4v) is 3.04. The van der Waals surface area contributed by atoms with Gasteiger partial charge in [-0.25, -0.2) is 0 Å². The fourth-order valence-electron chi connectivity index (χ4n) is 3.04. The van der Waals surface area contributed by atoms with Crippen LogP contribution in [0.1, 0.15) is 51.4 Å². The first kappa shape index (κ1) is 13.8. The Bertz CT molecular complexity index is 284. The summed E-state index contributed by atoms with van der Waals surface area (Å²) in [5, 5.41) is 0. The SMILES string of the molecule is FC(F)(F)/C(=C/C1CCCCC1)N1CCCCC1. The van der Waals surface area contributed by atoms with Gasteiger partial charge < -0.3 is 4.90 Å². The molecule has 0 aromatic carbocycles. The summed E-state index contributed by atoms with van der Waals surface area (Å²) >= 11 is 0. The number of rotatable bonds is 2. The number of allylic oxidation sites excluding steroid dienone is 2.